The van der Waals surface area contributed by atoms with E-state index in [1.807, 2.05) is 4.68 Å². The first-order valence-electron chi connectivity index (χ1n) is 8.21. The fourth-order valence-electron chi connectivity index (χ4n) is 2.92. The zero-order chi connectivity index (χ0) is 20.0. The Morgan fingerprint density at radius 3 is 2.70 bits per heavy atom. The molecular formula is C16H21F3N4O3S. The maximum absolute atomic E-state index is 10.6. The molecule has 11 heteroatoms. The van der Waals surface area contributed by atoms with Gasteiger partial charge in [-0.3, -0.25) is 4.90 Å². The maximum atomic E-state index is 10.6. The van der Waals surface area contributed by atoms with Crippen LogP contribution < -0.4 is 0 Å². The summed E-state index contributed by atoms with van der Waals surface area (Å²) in [6.07, 6.45) is -5.08. The number of aromatic nitrogens is 3. The molecule has 0 bridgehead atoms. The van der Waals surface area contributed by atoms with E-state index in [-0.39, 0.29) is 0 Å². The monoisotopic (exact) mass is 406 g/mol. The number of rotatable bonds is 5. The van der Waals surface area contributed by atoms with Gasteiger partial charge in [0.15, 0.2) is 0 Å². The highest BCUT2D eigenvalue weighted by atomic mass is 32.1. The number of alkyl halides is 3. The van der Waals surface area contributed by atoms with Crippen molar-refractivity contribution in [1.82, 2.24) is 19.9 Å². The van der Waals surface area contributed by atoms with E-state index < -0.39 is 12.1 Å². The minimum Gasteiger partial charge on any atom is -0.475 e. The molecule has 3 rings (SSSR count). The summed E-state index contributed by atoms with van der Waals surface area (Å²) in [6.45, 7) is 6.56. The molecule has 1 aliphatic heterocycles. The molecule has 0 saturated carbocycles. The van der Waals surface area contributed by atoms with E-state index in [0.717, 1.165) is 38.5 Å². The number of aliphatic carboxylic acids is 1. The lowest BCUT2D eigenvalue weighted by molar-refractivity contribution is -0.192. The average molecular weight is 406 g/mol. The molecule has 7 nitrogen and oxygen atoms in total. The number of fused-ring (bicyclic) bond motifs is 1. The van der Waals surface area contributed by atoms with Gasteiger partial charge in [0.25, 0.3) is 0 Å². The van der Waals surface area contributed by atoms with Crippen molar-refractivity contribution in [2.45, 2.75) is 38.7 Å². The third kappa shape index (κ3) is 5.75. The molecule has 27 heavy (non-hydrogen) atoms. The number of carbonyl (C=O) groups is 1. The van der Waals surface area contributed by atoms with Crippen LogP contribution >= 0.6 is 11.3 Å². The van der Waals surface area contributed by atoms with Crippen LogP contribution in [0.5, 0.6) is 0 Å². The number of aryl methyl sites for hydroxylation is 1. The molecule has 0 saturated heterocycles. The predicted molar refractivity (Wildman–Crippen MR) is 92.4 cm³/mol. The molecule has 0 amide bonds. The first-order chi connectivity index (χ1) is 12.8. The van der Waals surface area contributed by atoms with E-state index in [9.17, 15) is 13.2 Å². The summed E-state index contributed by atoms with van der Waals surface area (Å²) in [5, 5.41) is 20.1. The number of hydrogen-bond donors (Lipinski definition) is 1. The summed E-state index contributed by atoms with van der Waals surface area (Å²) in [5.74, 6) is -2.40. The van der Waals surface area contributed by atoms with E-state index in [1.54, 1.807) is 18.4 Å². The SMILES string of the molecule is CCn1nnc2c1C(COC)CN(Cc1ccsc1)C2.O=C(O)C(F)(F)F. The number of thiophene rings is 1. The van der Waals surface area contributed by atoms with Crippen LogP contribution in [0.4, 0.5) is 13.2 Å². The van der Waals surface area contributed by atoms with Gasteiger partial charge in [-0.2, -0.15) is 24.5 Å². The van der Waals surface area contributed by atoms with Gasteiger partial charge in [0, 0.05) is 39.2 Å². The van der Waals surface area contributed by atoms with Gasteiger partial charge < -0.3 is 9.84 Å². The molecule has 0 spiro atoms. The van der Waals surface area contributed by atoms with Crippen molar-refractivity contribution in [2.24, 2.45) is 0 Å². The normalized spacial score (nSPS) is 17.1. The van der Waals surface area contributed by atoms with E-state index in [2.05, 4.69) is 39.0 Å². The molecule has 0 aromatic carbocycles. The fourth-order valence-corrected chi connectivity index (χ4v) is 3.58. The molecule has 0 aliphatic carbocycles. The van der Waals surface area contributed by atoms with Crippen LogP contribution in [-0.2, 0) is 29.2 Å². The number of carboxylic acid groups (broad SMARTS) is 1. The minimum absolute atomic E-state index is 0.359. The molecule has 1 atom stereocenters. The van der Waals surface area contributed by atoms with Crippen molar-refractivity contribution < 1.29 is 27.8 Å². The van der Waals surface area contributed by atoms with Gasteiger partial charge in [-0.1, -0.05) is 5.21 Å². The Labute approximate surface area is 158 Å². The maximum Gasteiger partial charge on any atom is 0.490 e. The minimum atomic E-state index is -5.08. The fraction of sp³-hybridized carbons (Fsp3) is 0.562. The number of methoxy groups -OCH3 is 1. The number of halogens is 3. The third-order valence-electron chi connectivity index (χ3n) is 3.98. The molecule has 0 radical (unpaired) electrons. The average Bonchev–Trinajstić information content (AvgIpc) is 3.24. The Balaban J connectivity index is 0.000000321. The summed E-state index contributed by atoms with van der Waals surface area (Å²) in [6, 6.07) is 2.19. The van der Waals surface area contributed by atoms with E-state index >= 15 is 0 Å². The molecule has 1 N–H and O–H groups in total. The number of ether oxygens (including phenoxy) is 1. The van der Waals surface area contributed by atoms with Crippen LogP contribution in [0.25, 0.3) is 0 Å². The molecule has 3 heterocycles. The first kappa shape index (κ1) is 21.3. The first-order valence-corrected chi connectivity index (χ1v) is 9.15. The van der Waals surface area contributed by atoms with Crippen LogP contribution in [0.15, 0.2) is 16.8 Å². The number of nitrogens with zero attached hydrogens (tertiary/aromatic N) is 4. The van der Waals surface area contributed by atoms with Crippen molar-refractivity contribution in [2.75, 3.05) is 20.3 Å². The van der Waals surface area contributed by atoms with Crippen molar-refractivity contribution in [3.8, 4) is 0 Å². The second-order valence-corrected chi connectivity index (χ2v) is 6.77. The summed E-state index contributed by atoms with van der Waals surface area (Å²) in [5.41, 5.74) is 3.74. The molecule has 2 aromatic rings. The summed E-state index contributed by atoms with van der Waals surface area (Å²) >= 11 is 1.75. The van der Waals surface area contributed by atoms with Crippen LogP contribution in [0.1, 0.15) is 29.8 Å². The van der Waals surface area contributed by atoms with Crippen LogP contribution in [-0.4, -0.2) is 57.4 Å². The van der Waals surface area contributed by atoms with Crippen molar-refractivity contribution in [3.05, 3.63) is 33.8 Å². The van der Waals surface area contributed by atoms with Crippen LogP contribution in [0.3, 0.4) is 0 Å². The highest BCUT2D eigenvalue weighted by Gasteiger charge is 2.38. The zero-order valence-electron chi connectivity index (χ0n) is 14.9. The molecular weight excluding hydrogens is 385 g/mol. The standard InChI is InChI=1S/C14H20N4OS.C2HF3O2/c1-3-18-14-12(9-19-2)7-17(8-13(14)15-16-18)6-11-4-5-20-10-11;3-2(4,5)1(6)7/h4-5,10,12H,3,6-9H2,1-2H3;(H,6,7). The predicted octanol–water partition coefficient (Wildman–Crippen LogP) is 2.74. The largest absolute Gasteiger partial charge is 0.490 e. The Morgan fingerprint density at radius 2 is 2.19 bits per heavy atom. The Morgan fingerprint density at radius 1 is 1.48 bits per heavy atom. The molecule has 1 unspecified atom stereocenters. The van der Waals surface area contributed by atoms with Crippen molar-refractivity contribution >= 4 is 17.3 Å². The van der Waals surface area contributed by atoms with Gasteiger partial charge in [0.05, 0.1) is 12.3 Å². The Hall–Kier alpha value is -1.98. The van der Waals surface area contributed by atoms with E-state index in [1.165, 1.54) is 11.3 Å². The summed E-state index contributed by atoms with van der Waals surface area (Å²) in [7, 11) is 1.76. The van der Waals surface area contributed by atoms with Gasteiger partial charge in [-0.05, 0) is 29.3 Å². The van der Waals surface area contributed by atoms with Gasteiger partial charge in [0.1, 0.15) is 5.69 Å². The lowest BCUT2D eigenvalue weighted by atomic mass is 9.98. The van der Waals surface area contributed by atoms with E-state index in [4.69, 9.17) is 14.6 Å². The van der Waals surface area contributed by atoms with Crippen molar-refractivity contribution in [3.63, 3.8) is 0 Å². The quantitative estimate of drug-likeness (QED) is 0.823. The van der Waals surface area contributed by atoms with Crippen molar-refractivity contribution in [1.29, 1.82) is 0 Å². The lowest BCUT2D eigenvalue weighted by Gasteiger charge is -2.31. The zero-order valence-corrected chi connectivity index (χ0v) is 15.8. The third-order valence-corrected chi connectivity index (χ3v) is 4.71. The van der Waals surface area contributed by atoms with E-state index in [0.29, 0.717) is 5.92 Å². The second kappa shape index (κ2) is 9.29. The van der Waals surface area contributed by atoms with Gasteiger partial charge >= 0.3 is 12.1 Å². The van der Waals surface area contributed by atoms with Crippen LogP contribution in [0, 0.1) is 0 Å². The summed E-state index contributed by atoms with van der Waals surface area (Å²) < 4.78 is 39.1. The molecule has 150 valence electrons. The lowest BCUT2D eigenvalue weighted by Crippen LogP contribution is -2.35. The smallest absolute Gasteiger partial charge is 0.475 e. The molecule has 1 aliphatic rings. The van der Waals surface area contributed by atoms with Gasteiger partial charge in [0.2, 0.25) is 0 Å². The number of carboxylic acids is 1. The summed E-state index contributed by atoms with van der Waals surface area (Å²) in [4.78, 5) is 11.3. The Bertz CT molecular complexity index is 734. The van der Waals surface area contributed by atoms with Gasteiger partial charge in [-0.25, -0.2) is 9.48 Å². The number of hydrogen-bond acceptors (Lipinski definition) is 6. The van der Waals surface area contributed by atoms with Crippen LogP contribution in [0.2, 0.25) is 0 Å². The Kier molecular flexibility index (Phi) is 7.33. The topological polar surface area (TPSA) is 80.5 Å². The molecule has 0 fully saturated rings. The second-order valence-electron chi connectivity index (χ2n) is 5.99. The molecule has 2 aromatic heterocycles. The van der Waals surface area contributed by atoms with Gasteiger partial charge in [-0.15, -0.1) is 5.10 Å². The highest BCUT2D eigenvalue weighted by Crippen LogP contribution is 2.28. The highest BCUT2D eigenvalue weighted by molar-refractivity contribution is 7.07.